The Labute approximate surface area is 136 Å². The number of hydrogen-bond acceptors (Lipinski definition) is 6. The highest BCUT2D eigenvalue weighted by molar-refractivity contribution is 6.30. The molecule has 2 heterocycles. The molecule has 3 rings (SSSR count). The lowest BCUT2D eigenvalue weighted by molar-refractivity contribution is 0.102. The molecule has 0 fully saturated rings. The van der Waals surface area contributed by atoms with Crippen molar-refractivity contribution in [2.45, 2.75) is 6.92 Å². The van der Waals surface area contributed by atoms with Crippen LogP contribution in [0.2, 0.25) is 5.02 Å². The Morgan fingerprint density at radius 1 is 1.13 bits per heavy atom. The smallest absolute Gasteiger partial charge is 0.275 e. The van der Waals surface area contributed by atoms with Gasteiger partial charge in [0, 0.05) is 16.8 Å². The number of aryl methyl sites for hydroxylation is 1. The molecule has 116 valence electrons. The van der Waals surface area contributed by atoms with Crippen molar-refractivity contribution in [2.75, 3.05) is 10.6 Å². The fourth-order valence-electron chi connectivity index (χ4n) is 1.79. The van der Waals surface area contributed by atoms with E-state index in [4.69, 9.17) is 16.1 Å². The van der Waals surface area contributed by atoms with Gasteiger partial charge < -0.3 is 15.2 Å². The fraction of sp³-hybridized carbons (Fsp3) is 0.0667. The van der Waals surface area contributed by atoms with Crippen molar-refractivity contribution in [1.82, 2.24) is 15.1 Å². The second-order valence-corrected chi connectivity index (χ2v) is 5.13. The van der Waals surface area contributed by atoms with Gasteiger partial charge in [0.1, 0.15) is 17.3 Å². The van der Waals surface area contributed by atoms with E-state index in [9.17, 15) is 4.79 Å². The number of carbonyl (C=O) groups excluding carboxylic acids is 1. The molecule has 1 amide bonds. The van der Waals surface area contributed by atoms with E-state index < -0.39 is 0 Å². The lowest BCUT2D eigenvalue weighted by atomic mass is 10.3. The third kappa shape index (κ3) is 3.83. The van der Waals surface area contributed by atoms with Crippen molar-refractivity contribution >= 4 is 34.8 Å². The van der Waals surface area contributed by atoms with E-state index in [1.165, 1.54) is 12.4 Å². The van der Waals surface area contributed by atoms with Crippen LogP contribution < -0.4 is 10.6 Å². The molecular weight excluding hydrogens is 318 g/mol. The molecule has 0 aliphatic carbocycles. The molecule has 2 N–H and O–H groups in total. The summed E-state index contributed by atoms with van der Waals surface area (Å²) in [4.78, 5) is 20.3. The zero-order chi connectivity index (χ0) is 16.2. The van der Waals surface area contributed by atoms with Gasteiger partial charge in [-0.05, 0) is 31.2 Å². The van der Waals surface area contributed by atoms with Gasteiger partial charge >= 0.3 is 0 Å². The number of rotatable bonds is 4. The zero-order valence-electron chi connectivity index (χ0n) is 12.1. The average Bonchev–Trinajstić information content (AvgIpc) is 2.95. The molecule has 8 heteroatoms. The monoisotopic (exact) mass is 329 g/mol. The maximum atomic E-state index is 12.1. The van der Waals surface area contributed by atoms with Crippen LogP contribution >= 0.6 is 11.6 Å². The number of halogens is 1. The van der Waals surface area contributed by atoms with E-state index in [2.05, 4.69) is 25.8 Å². The number of nitrogens with one attached hydrogen (secondary N) is 2. The largest absolute Gasteiger partial charge is 0.360 e. The zero-order valence-corrected chi connectivity index (χ0v) is 12.8. The fourth-order valence-corrected chi connectivity index (χ4v) is 1.92. The van der Waals surface area contributed by atoms with Crippen LogP contribution in [0, 0.1) is 6.92 Å². The molecule has 0 radical (unpaired) electrons. The topological polar surface area (TPSA) is 92.9 Å². The highest BCUT2D eigenvalue weighted by Gasteiger charge is 2.09. The predicted molar refractivity (Wildman–Crippen MR) is 86.0 cm³/mol. The maximum absolute atomic E-state index is 12.1. The van der Waals surface area contributed by atoms with Crippen LogP contribution in [0.3, 0.4) is 0 Å². The Kier molecular flexibility index (Phi) is 4.20. The van der Waals surface area contributed by atoms with Crippen LogP contribution in [-0.4, -0.2) is 21.0 Å². The van der Waals surface area contributed by atoms with Crippen LogP contribution in [0.15, 0.2) is 47.2 Å². The van der Waals surface area contributed by atoms with Gasteiger partial charge in [0.25, 0.3) is 5.91 Å². The average molecular weight is 330 g/mol. The standard InChI is InChI=1S/C15H12ClN5O2/c1-9-6-13(21-23-9)20-14-8-17-12(7-18-14)15(22)19-11-4-2-10(16)3-5-11/h2-8H,1H3,(H,19,22)(H,18,20,21). The minimum absolute atomic E-state index is 0.196. The molecule has 23 heavy (non-hydrogen) atoms. The van der Waals surface area contributed by atoms with Gasteiger partial charge in [0.05, 0.1) is 12.4 Å². The number of benzene rings is 1. The first-order valence-corrected chi connectivity index (χ1v) is 7.07. The Morgan fingerprint density at radius 2 is 1.91 bits per heavy atom. The number of anilines is 3. The van der Waals surface area contributed by atoms with Crippen LogP contribution in [-0.2, 0) is 0 Å². The summed E-state index contributed by atoms with van der Waals surface area (Å²) in [5.41, 5.74) is 0.823. The van der Waals surface area contributed by atoms with Gasteiger partial charge in [-0.2, -0.15) is 0 Å². The lowest BCUT2D eigenvalue weighted by Gasteiger charge is -2.05. The Balaban J connectivity index is 1.66. The van der Waals surface area contributed by atoms with Gasteiger partial charge in [-0.3, -0.25) is 4.79 Å². The third-order valence-corrected chi connectivity index (χ3v) is 3.12. The lowest BCUT2D eigenvalue weighted by Crippen LogP contribution is -2.14. The second-order valence-electron chi connectivity index (χ2n) is 4.70. The van der Waals surface area contributed by atoms with Crippen LogP contribution in [0.4, 0.5) is 17.3 Å². The van der Waals surface area contributed by atoms with Crippen LogP contribution in [0.1, 0.15) is 16.2 Å². The van der Waals surface area contributed by atoms with Crippen molar-refractivity contribution in [3.05, 3.63) is 59.2 Å². The molecule has 0 aliphatic rings. The first-order chi connectivity index (χ1) is 11.1. The Hall–Kier alpha value is -2.93. The van der Waals surface area contributed by atoms with E-state index in [1.54, 1.807) is 37.3 Å². The molecule has 0 saturated heterocycles. The molecule has 0 bridgehead atoms. The highest BCUT2D eigenvalue weighted by Crippen LogP contribution is 2.15. The minimum atomic E-state index is -0.358. The number of hydrogen-bond donors (Lipinski definition) is 2. The first kappa shape index (κ1) is 15.0. The SMILES string of the molecule is Cc1cc(Nc2cnc(C(=O)Nc3ccc(Cl)cc3)cn2)no1. The summed E-state index contributed by atoms with van der Waals surface area (Å²) < 4.78 is 4.94. The molecule has 0 spiro atoms. The van der Waals surface area contributed by atoms with E-state index >= 15 is 0 Å². The number of carbonyl (C=O) groups is 1. The summed E-state index contributed by atoms with van der Waals surface area (Å²) in [5, 5.41) is 10.0. The van der Waals surface area contributed by atoms with E-state index in [0.717, 1.165) is 0 Å². The summed E-state index contributed by atoms with van der Waals surface area (Å²) in [7, 11) is 0. The molecule has 1 aromatic carbocycles. The maximum Gasteiger partial charge on any atom is 0.275 e. The molecule has 0 saturated carbocycles. The van der Waals surface area contributed by atoms with Crippen molar-refractivity contribution in [3.63, 3.8) is 0 Å². The first-order valence-electron chi connectivity index (χ1n) is 6.69. The minimum Gasteiger partial charge on any atom is -0.360 e. The van der Waals surface area contributed by atoms with E-state index in [1.807, 2.05) is 0 Å². The summed E-state index contributed by atoms with van der Waals surface area (Å²) >= 11 is 5.80. The van der Waals surface area contributed by atoms with Gasteiger partial charge in [-0.1, -0.05) is 16.8 Å². The number of nitrogens with zero attached hydrogens (tertiary/aromatic N) is 3. The highest BCUT2D eigenvalue weighted by atomic mass is 35.5. The van der Waals surface area contributed by atoms with Gasteiger partial charge in [0.15, 0.2) is 5.82 Å². The normalized spacial score (nSPS) is 10.3. The predicted octanol–water partition coefficient (Wildman–Crippen LogP) is 3.42. The van der Waals surface area contributed by atoms with Gasteiger partial charge in [0.2, 0.25) is 0 Å². The van der Waals surface area contributed by atoms with Crippen molar-refractivity contribution in [3.8, 4) is 0 Å². The summed E-state index contributed by atoms with van der Waals surface area (Å²) in [6.07, 6.45) is 2.82. The van der Waals surface area contributed by atoms with Crippen LogP contribution in [0.25, 0.3) is 0 Å². The molecule has 3 aromatic rings. The van der Waals surface area contributed by atoms with Crippen molar-refractivity contribution < 1.29 is 9.32 Å². The second kappa shape index (κ2) is 6.45. The number of amides is 1. The molecule has 2 aromatic heterocycles. The molecular formula is C15H12ClN5O2. The molecule has 7 nitrogen and oxygen atoms in total. The molecule has 0 unspecified atom stereocenters. The molecule has 0 atom stereocenters. The van der Waals surface area contributed by atoms with E-state index in [-0.39, 0.29) is 11.6 Å². The Bertz CT molecular complexity index is 815. The summed E-state index contributed by atoms with van der Waals surface area (Å²) in [6, 6.07) is 8.52. The van der Waals surface area contributed by atoms with Crippen LogP contribution in [0.5, 0.6) is 0 Å². The summed E-state index contributed by atoms with van der Waals surface area (Å²) in [6.45, 7) is 1.79. The van der Waals surface area contributed by atoms with E-state index in [0.29, 0.717) is 28.1 Å². The van der Waals surface area contributed by atoms with Gasteiger partial charge in [-0.15, -0.1) is 0 Å². The quantitative estimate of drug-likeness (QED) is 0.761. The van der Waals surface area contributed by atoms with Crippen molar-refractivity contribution in [1.29, 1.82) is 0 Å². The molecule has 0 aliphatic heterocycles. The van der Waals surface area contributed by atoms with Crippen molar-refractivity contribution in [2.24, 2.45) is 0 Å². The Morgan fingerprint density at radius 3 is 2.52 bits per heavy atom. The van der Waals surface area contributed by atoms with Gasteiger partial charge in [-0.25, -0.2) is 9.97 Å². The third-order valence-electron chi connectivity index (χ3n) is 2.87. The summed E-state index contributed by atoms with van der Waals surface area (Å²) in [5.74, 6) is 1.31. The number of aromatic nitrogens is 3.